The molecule has 0 aliphatic heterocycles. The Morgan fingerprint density at radius 1 is 1.44 bits per heavy atom. The number of hydrogen-bond acceptors (Lipinski definition) is 3. The van der Waals surface area contributed by atoms with Crippen LogP contribution >= 0.6 is 0 Å². The molecule has 1 aromatic rings. The maximum Gasteiger partial charge on any atom is 0.128 e. The average Bonchev–Trinajstić information content (AvgIpc) is 3.09. The van der Waals surface area contributed by atoms with E-state index in [-0.39, 0.29) is 0 Å². The van der Waals surface area contributed by atoms with Gasteiger partial charge in [0.15, 0.2) is 0 Å². The molecule has 1 saturated carbocycles. The summed E-state index contributed by atoms with van der Waals surface area (Å²) in [4.78, 5) is 6.96. The zero-order chi connectivity index (χ0) is 11.5. The van der Waals surface area contributed by atoms with Crippen LogP contribution in [-0.4, -0.2) is 24.1 Å². The molecule has 0 amide bonds. The maximum absolute atomic E-state index is 4.67. The number of nitrogens with one attached hydrogen (secondary N) is 1. The number of hydrogen-bond donors (Lipinski definition) is 1. The van der Waals surface area contributed by atoms with E-state index in [9.17, 15) is 0 Å². The maximum atomic E-state index is 4.67. The van der Waals surface area contributed by atoms with Crippen molar-refractivity contribution in [3.05, 3.63) is 23.9 Å². The second kappa shape index (κ2) is 4.83. The third kappa shape index (κ3) is 2.95. The Kier molecular flexibility index (Phi) is 3.44. The van der Waals surface area contributed by atoms with E-state index in [1.165, 1.54) is 12.8 Å². The molecule has 88 valence electrons. The van der Waals surface area contributed by atoms with Crippen LogP contribution in [0.2, 0.25) is 0 Å². The first-order chi connectivity index (χ1) is 7.66. The zero-order valence-electron chi connectivity index (χ0n) is 10.4. The van der Waals surface area contributed by atoms with Gasteiger partial charge in [-0.2, -0.15) is 0 Å². The summed E-state index contributed by atoms with van der Waals surface area (Å²) in [6, 6.07) is 7.50. The third-order valence-corrected chi connectivity index (χ3v) is 2.94. The average molecular weight is 219 g/mol. The lowest BCUT2D eigenvalue weighted by Gasteiger charge is -2.18. The van der Waals surface area contributed by atoms with Gasteiger partial charge in [-0.25, -0.2) is 4.98 Å². The Morgan fingerprint density at radius 3 is 2.81 bits per heavy atom. The Balaban J connectivity index is 2.00. The summed E-state index contributed by atoms with van der Waals surface area (Å²) in [6.45, 7) is 5.16. The molecular formula is C13H21N3. The highest BCUT2D eigenvalue weighted by Gasteiger charge is 2.26. The highest BCUT2D eigenvalue weighted by molar-refractivity contribution is 5.41. The van der Waals surface area contributed by atoms with Gasteiger partial charge in [0.2, 0.25) is 0 Å². The summed E-state index contributed by atoms with van der Waals surface area (Å²) in [5.41, 5.74) is 1.12. The van der Waals surface area contributed by atoms with E-state index < -0.39 is 0 Å². The molecule has 1 aliphatic rings. The van der Waals surface area contributed by atoms with Crippen molar-refractivity contribution >= 4 is 5.82 Å². The van der Waals surface area contributed by atoms with Gasteiger partial charge in [-0.05, 0) is 25.0 Å². The largest absolute Gasteiger partial charge is 0.357 e. The van der Waals surface area contributed by atoms with E-state index in [0.717, 1.165) is 24.1 Å². The van der Waals surface area contributed by atoms with Gasteiger partial charge in [-0.15, -0.1) is 0 Å². The number of anilines is 1. The van der Waals surface area contributed by atoms with Crippen LogP contribution in [0.1, 0.15) is 32.4 Å². The minimum absolute atomic E-state index is 0.506. The van der Waals surface area contributed by atoms with E-state index in [0.29, 0.717) is 6.04 Å². The fourth-order valence-corrected chi connectivity index (χ4v) is 1.72. The summed E-state index contributed by atoms with van der Waals surface area (Å²) < 4.78 is 0. The van der Waals surface area contributed by atoms with Gasteiger partial charge in [0.1, 0.15) is 5.82 Å². The van der Waals surface area contributed by atoms with Gasteiger partial charge >= 0.3 is 0 Å². The molecule has 0 saturated heterocycles. The van der Waals surface area contributed by atoms with Crippen LogP contribution in [0, 0.1) is 0 Å². The number of nitrogens with zero attached hydrogens (tertiary/aromatic N) is 2. The van der Waals surface area contributed by atoms with Crippen molar-refractivity contribution in [3.8, 4) is 0 Å². The topological polar surface area (TPSA) is 28.2 Å². The molecule has 2 rings (SSSR count). The molecule has 3 nitrogen and oxygen atoms in total. The Bertz CT molecular complexity index is 345. The van der Waals surface area contributed by atoms with Gasteiger partial charge in [0.05, 0.1) is 5.69 Å². The van der Waals surface area contributed by atoms with Crippen LogP contribution in [0.5, 0.6) is 0 Å². The molecular weight excluding hydrogens is 198 g/mol. The van der Waals surface area contributed by atoms with Crippen molar-refractivity contribution in [1.29, 1.82) is 0 Å². The molecule has 0 bridgehead atoms. The quantitative estimate of drug-likeness (QED) is 0.822. The van der Waals surface area contributed by atoms with Crippen LogP contribution in [0.25, 0.3) is 0 Å². The van der Waals surface area contributed by atoms with Gasteiger partial charge in [0.25, 0.3) is 0 Å². The lowest BCUT2D eigenvalue weighted by Crippen LogP contribution is -2.24. The molecule has 0 unspecified atom stereocenters. The predicted octanol–water partition coefficient (Wildman–Crippen LogP) is 2.18. The lowest BCUT2D eigenvalue weighted by molar-refractivity contribution is 0.581. The Labute approximate surface area is 97.9 Å². The summed E-state index contributed by atoms with van der Waals surface area (Å²) in [6.07, 6.45) is 2.62. The summed E-state index contributed by atoms with van der Waals surface area (Å²) >= 11 is 0. The monoisotopic (exact) mass is 219 g/mol. The first-order valence-corrected chi connectivity index (χ1v) is 6.09. The minimum atomic E-state index is 0.506. The summed E-state index contributed by atoms with van der Waals surface area (Å²) in [7, 11) is 2.14. The number of pyridine rings is 1. The van der Waals surface area contributed by atoms with E-state index >= 15 is 0 Å². The van der Waals surface area contributed by atoms with Crippen LogP contribution in [0.4, 0.5) is 5.82 Å². The van der Waals surface area contributed by atoms with E-state index in [1.807, 2.05) is 0 Å². The summed E-state index contributed by atoms with van der Waals surface area (Å²) in [5.74, 6) is 1.10. The molecule has 1 aliphatic carbocycles. The van der Waals surface area contributed by atoms with Gasteiger partial charge < -0.3 is 10.2 Å². The van der Waals surface area contributed by atoms with Gasteiger partial charge in [0, 0.05) is 25.7 Å². The molecule has 3 heteroatoms. The highest BCUT2D eigenvalue weighted by Crippen LogP contribution is 2.28. The highest BCUT2D eigenvalue weighted by atomic mass is 15.2. The second-order valence-electron chi connectivity index (χ2n) is 4.86. The minimum Gasteiger partial charge on any atom is -0.357 e. The first kappa shape index (κ1) is 11.4. The molecule has 0 spiro atoms. The molecule has 1 aromatic heterocycles. The van der Waals surface area contributed by atoms with Crippen LogP contribution in [-0.2, 0) is 6.54 Å². The predicted molar refractivity (Wildman–Crippen MR) is 67.6 cm³/mol. The molecule has 0 atom stereocenters. The van der Waals surface area contributed by atoms with E-state index in [4.69, 9.17) is 0 Å². The zero-order valence-corrected chi connectivity index (χ0v) is 10.4. The molecule has 1 N–H and O–H groups in total. The Hall–Kier alpha value is -1.09. The smallest absolute Gasteiger partial charge is 0.128 e. The Morgan fingerprint density at radius 2 is 2.19 bits per heavy atom. The van der Waals surface area contributed by atoms with Crippen molar-refractivity contribution in [3.63, 3.8) is 0 Å². The van der Waals surface area contributed by atoms with Gasteiger partial charge in [-0.1, -0.05) is 19.9 Å². The second-order valence-corrected chi connectivity index (χ2v) is 4.86. The van der Waals surface area contributed by atoms with Crippen LogP contribution in [0.15, 0.2) is 18.2 Å². The standard InChI is InChI=1S/C13H21N3/c1-10(2)14-9-11-5-4-6-13(15-11)16(3)12-7-8-12/h4-6,10,12,14H,7-9H2,1-3H3. The van der Waals surface area contributed by atoms with Crippen molar-refractivity contribution < 1.29 is 0 Å². The number of aromatic nitrogens is 1. The van der Waals surface area contributed by atoms with Crippen molar-refractivity contribution in [1.82, 2.24) is 10.3 Å². The number of rotatable bonds is 5. The first-order valence-electron chi connectivity index (χ1n) is 6.09. The molecule has 1 heterocycles. The molecule has 1 fully saturated rings. The van der Waals surface area contributed by atoms with E-state index in [2.05, 4.69) is 54.3 Å². The third-order valence-electron chi connectivity index (χ3n) is 2.94. The van der Waals surface area contributed by atoms with Crippen LogP contribution < -0.4 is 10.2 Å². The van der Waals surface area contributed by atoms with Crippen LogP contribution in [0.3, 0.4) is 0 Å². The molecule has 0 aromatic carbocycles. The van der Waals surface area contributed by atoms with Crippen molar-refractivity contribution in [2.45, 2.75) is 45.3 Å². The fraction of sp³-hybridized carbons (Fsp3) is 0.615. The fourth-order valence-electron chi connectivity index (χ4n) is 1.72. The normalized spacial score (nSPS) is 15.5. The lowest BCUT2D eigenvalue weighted by atomic mass is 10.3. The molecule has 16 heavy (non-hydrogen) atoms. The SMILES string of the molecule is CC(C)NCc1cccc(N(C)C2CC2)n1. The van der Waals surface area contributed by atoms with Crippen molar-refractivity contribution in [2.75, 3.05) is 11.9 Å². The van der Waals surface area contributed by atoms with E-state index in [1.54, 1.807) is 0 Å². The summed E-state index contributed by atoms with van der Waals surface area (Å²) in [5, 5.41) is 3.39. The molecule has 0 radical (unpaired) electrons. The van der Waals surface area contributed by atoms with Crippen molar-refractivity contribution in [2.24, 2.45) is 0 Å². The van der Waals surface area contributed by atoms with Gasteiger partial charge in [-0.3, -0.25) is 0 Å².